The first-order chi connectivity index (χ1) is 8.16. The van der Waals surface area contributed by atoms with E-state index in [-0.39, 0.29) is 24.2 Å². The van der Waals surface area contributed by atoms with Crippen LogP contribution < -0.4 is 5.32 Å². The van der Waals surface area contributed by atoms with Gasteiger partial charge in [-0.05, 0) is 47.4 Å². The summed E-state index contributed by atoms with van der Waals surface area (Å²) in [6.07, 6.45) is 2.06. The Bertz CT molecular complexity index is 391. The summed E-state index contributed by atoms with van der Waals surface area (Å²) in [6, 6.07) is 3.72. The van der Waals surface area contributed by atoms with Gasteiger partial charge in [-0.25, -0.2) is 0 Å². The molecule has 6 heteroatoms. The highest BCUT2D eigenvalue weighted by Crippen LogP contribution is 2.17. The molecule has 1 saturated heterocycles. The van der Waals surface area contributed by atoms with Crippen LogP contribution in [0.5, 0.6) is 0 Å². The number of hydrogen-bond acceptors (Lipinski definition) is 3. The van der Waals surface area contributed by atoms with Gasteiger partial charge in [0.05, 0.1) is 12.5 Å². The lowest BCUT2D eigenvalue weighted by Gasteiger charge is -2.26. The molecular weight excluding hydrogens is 320 g/mol. The fraction of sp³-hybridized carbons (Fsp3) is 0.583. The summed E-state index contributed by atoms with van der Waals surface area (Å²) in [6.45, 7) is 2.35. The molecule has 0 aliphatic carbocycles. The molecule has 0 unspecified atom stereocenters. The number of nitrogens with one attached hydrogen (secondary N) is 1. The van der Waals surface area contributed by atoms with Crippen molar-refractivity contribution >= 4 is 34.2 Å². The number of piperidine rings is 1. The van der Waals surface area contributed by atoms with Crippen LogP contribution in [0.2, 0.25) is 0 Å². The van der Waals surface area contributed by atoms with Crippen LogP contribution in [0.4, 0.5) is 0 Å². The highest BCUT2D eigenvalue weighted by molar-refractivity contribution is 9.10. The molecule has 102 valence electrons. The van der Waals surface area contributed by atoms with E-state index in [4.69, 9.17) is 4.42 Å². The van der Waals surface area contributed by atoms with Gasteiger partial charge in [-0.3, -0.25) is 4.79 Å². The maximum atomic E-state index is 12.1. The van der Waals surface area contributed by atoms with Crippen molar-refractivity contribution < 1.29 is 9.21 Å². The molecule has 1 aromatic rings. The minimum Gasteiger partial charge on any atom is -0.452 e. The lowest BCUT2D eigenvalue weighted by atomic mass is 9.98. The number of carbonyl (C=O) groups excluding carboxylic acids is 1. The van der Waals surface area contributed by atoms with Crippen LogP contribution in [-0.2, 0) is 11.3 Å². The second-order valence-electron chi connectivity index (χ2n) is 4.44. The molecule has 0 spiro atoms. The summed E-state index contributed by atoms with van der Waals surface area (Å²) < 4.78 is 6.10. The minimum atomic E-state index is 0. The smallest absolute Gasteiger partial charge is 0.227 e. The Morgan fingerprint density at radius 2 is 2.39 bits per heavy atom. The summed E-state index contributed by atoms with van der Waals surface area (Å²) in [4.78, 5) is 13.9. The van der Waals surface area contributed by atoms with Crippen molar-refractivity contribution in [2.75, 3.05) is 20.1 Å². The van der Waals surface area contributed by atoms with Gasteiger partial charge in [0.25, 0.3) is 0 Å². The normalized spacial score (nSPS) is 19.1. The van der Waals surface area contributed by atoms with Crippen LogP contribution in [0.3, 0.4) is 0 Å². The fourth-order valence-corrected chi connectivity index (χ4v) is 2.46. The van der Waals surface area contributed by atoms with Crippen LogP contribution in [0.1, 0.15) is 18.6 Å². The quantitative estimate of drug-likeness (QED) is 0.921. The number of furan rings is 1. The summed E-state index contributed by atoms with van der Waals surface area (Å²) in [7, 11) is 1.83. The highest BCUT2D eigenvalue weighted by Gasteiger charge is 2.24. The summed E-state index contributed by atoms with van der Waals surface area (Å²) in [5, 5.41) is 3.26. The zero-order chi connectivity index (χ0) is 12.3. The number of hydrogen-bond donors (Lipinski definition) is 1. The van der Waals surface area contributed by atoms with Crippen molar-refractivity contribution in [1.82, 2.24) is 10.2 Å². The number of rotatable bonds is 3. The Morgan fingerprint density at radius 3 is 2.94 bits per heavy atom. The minimum absolute atomic E-state index is 0. The third-order valence-electron chi connectivity index (χ3n) is 3.04. The first-order valence-corrected chi connectivity index (χ1v) is 6.66. The second kappa shape index (κ2) is 7.16. The Balaban J connectivity index is 0.00000162. The molecule has 1 aliphatic heterocycles. The molecule has 1 fully saturated rings. The lowest BCUT2D eigenvalue weighted by Crippen LogP contribution is -2.41. The molecule has 1 atom stereocenters. The van der Waals surface area contributed by atoms with E-state index in [1.807, 2.05) is 19.2 Å². The highest BCUT2D eigenvalue weighted by atomic mass is 79.9. The average Bonchev–Trinajstić information content (AvgIpc) is 2.75. The monoisotopic (exact) mass is 336 g/mol. The van der Waals surface area contributed by atoms with Crippen LogP contribution >= 0.6 is 28.3 Å². The van der Waals surface area contributed by atoms with Crippen molar-refractivity contribution in [3.8, 4) is 0 Å². The van der Waals surface area contributed by atoms with Crippen molar-refractivity contribution in [1.29, 1.82) is 0 Å². The Hall–Kier alpha value is -0.520. The molecule has 4 nitrogen and oxygen atoms in total. The Kier molecular flexibility index (Phi) is 6.18. The van der Waals surface area contributed by atoms with E-state index in [9.17, 15) is 4.79 Å². The van der Waals surface area contributed by atoms with Crippen molar-refractivity contribution in [2.24, 2.45) is 5.92 Å². The number of halogens is 2. The predicted octanol–water partition coefficient (Wildman–Crippen LogP) is 2.42. The first-order valence-electron chi connectivity index (χ1n) is 5.86. The predicted molar refractivity (Wildman–Crippen MR) is 75.7 cm³/mol. The first kappa shape index (κ1) is 15.5. The Morgan fingerprint density at radius 1 is 1.61 bits per heavy atom. The van der Waals surface area contributed by atoms with E-state index in [1.165, 1.54) is 0 Å². The van der Waals surface area contributed by atoms with Gasteiger partial charge in [0, 0.05) is 13.6 Å². The van der Waals surface area contributed by atoms with Gasteiger partial charge < -0.3 is 14.6 Å². The summed E-state index contributed by atoms with van der Waals surface area (Å²) >= 11 is 3.26. The van der Waals surface area contributed by atoms with Gasteiger partial charge in [0.1, 0.15) is 5.76 Å². The third-order valence-corrected chi connectivity index (χ3v) is 3.47. The third kappa shape index (κ3) is 4.00. The van der Waals surface area contributed by atoms with E-state index in [1.54, 1.807) is 4.90 Å². The SMILES string of the molecule is CN(Cc1ccc(Br)o1)C(=O)[C@@H]1CCCNC1.Cl. The molecule has 1 N–H and O–H groups in total. The molecule has 0 radical (unpaired) electrons. The topological polar surface area (TPSA) is 45.5 Å². The largest absolute Gasteiger partial charge is 0.452 e. The maximum Gasteiger partial charge on any atom is 0.227 e. The fourth-order valence-electron chi connectivity index (χ4n) is 2.12. The Labute approximate surface area is 122 Å². The van der Waals surface area contributed by atoms with Gasteiger partial charge in [-0.15, -0.1) is 12.4 Å². The summed E-state index contributed by atoms with van der Waals surface area (Å²) in [5.74, 6) is 1.12. The van der Waals surface area contributed by atoms with Crippen molar-refractivity contribution in [3.63, 3.8) is 0 Å². The standard InChI is InChI=1S/C12H17BrN2O2.ClH/c1-15(8-10-4-5-11(13)17-10)12(16)9-3-2-6-14-7-9;/h4-5,9,14H,2-3,6-8H2,1H3;1H/t9-;/m1./s1. The van der Waals surface area contributed by atoms with E-state index < -0.39 is 0 Å². The van der Waals surface area contributed by atoms with Crippen molar-refractivity contribution in [2.45, 2.75) is 19.4 Å². The van der Waals surface area contributed by atoms with E-state index >= 15 is 0 Å². The van der Waals surface area contributed by atoms with Gasteiger partial charge in [-0.2, -0.15) is 0 Å². The van der Waals surface area contributed by atoms with E-state index in [2.05, 4.69) is 21.2 Å². The molecular formula is C12H18BrClN2O2. The molecule has 18 heavy (non-hydrogen) atoms. The maximum absolute atomic E-state index is 12.1. The number of carbonyl (C=O) groups is 1. The van der Waals surface area contributed by atoms with Gasteiger partial charge in [0.15, 0.2) is 4.67 Å². The number of nitrogens with zero attached hydrogens (tertiary/aromatic N) is 1. The van der Waals surface area contributed by atoms with Gasteiger partial charge >= 0.3 is 0 Å². The van der Waals surface area contributed by atoms with Crippen LogP contribution in [0, 0.1) is 5.92 Å². The molecule has 0 saturated carbocycles. The number of amides is 1. The van der Waals surface area contributed by atoms with Gasteiger partial charge in [-0.1, -0.05) is 0 Å². The second-order valence-corrected chi connectivity index (χ2v) is 5.22. The zero-order valence-electron chi connectivity index (χ0n) is 10.3. The van der Waals surface area contributed by atoms with Crippen LogP contribution in [-0.4, -0.2) is 30.9 Å². The molecule has 1 aromatic heterocycles. The molecule has 2 rings (SSSR count). The van der Waals surface area contributed by atoms with E-state index in [0.29, 0.717) is 11.2 Å². The molecule has 0 aromatic carbocycles. The average molecular weight is 338 g/mol. The zero-order valence-corrected chi connectivity index (χ0v) is 12.7. The van der Waals surface area contributed by atoms with Crippen LogP contribution in [0.15, 0.2) is 21.2 Å². The molecule has 0 bridgehead atoms. The summed E-state index contributed by atoms with van der Waals surface area (Å²) in [5.41, 5.74) is 0. The molecule has 1 aliphatic rings. The van der Waals surface area contributed by atoms with Crippen LogP contribution in [0.25, 0.3) is 0 Å². The van der Waals surface area contributed by atoms with Gasteiger partial charge in [0.2, 0.25) is 5.91 Å². The molecule has 1 amide bonds. The molecule has 2 heterocycles. The van der Waals surface area contributed by atoms with E-state index in [0.717, 1.165) is 31.7 Å². The lowest BCUT2D eigenvalue weighted by molar-refractivity contribution is -0.135. The van der Waals surface area contributed by atoms with Crippen molar-refractivity contribution in [3.05, 3.63) is 22.6 Å².